The van der Waals surface area contributed by atoms with E-state index in [1.165, 1.54) is 0 Å². The van der Waals surface area contributed by atoms with Gasteiger partial charge in [0, 0.05) is 9.17 Å². The van der Waals surface area contributed by atoms with Crippen molar-refractivity contribution in [3.8, 4) is 0 Å². The molecule has 0 aromatic carbocycles. The fourth-order valence-electron chi connectivity index (χ4n) is 0.300. The van der Waals surface area contributed by atoms with Gasteiger partial charge in [0.15, 0.2) is 0 Å². The third kappa shape index (κ3) is 69.8. The third-order valence-electron chi connectivity index (χ3n) is 0.771. The first-order valence-corrected chi connectivity index (χ1v) is 4.31. The molecule has 9 heteroatoms. The van der Waals surface area contributed by atoms with Crippen LogP contribution in [0.2, 0.25) is 0 Å². The van der Waals surface area contributed by atoms with Crippen LogP contribution in [0.5, 0.6) is 0 Å². The Labute approximate surface area is 130 Å². The van der Waals surface area contributed by atoms with Crippen molar-refractivity contribution >= 4 is 9.17 Å². The van der Waals surface area contributed by atoms with E-state index >= 15 is 0 Å². The van der Waals surface area contributed by atoms with E-state index in [4.69, 9.17) is 19.2 Å². The van der Waals surface area contributed by atoms with E-state index in [0.717, 1.165) is 11.0 Å². The Hall–Kier alpha value is 1.50. The Bertz CT molecular complexity index is 117. The third-order valence-corrected chi connectivity index (χ3v) is 0.771. The smallest absolute Gasteiger partial charge is 0.870 e. The van der Waals surface area contributed by atoms with Gasteiger partial charge in [0.25, 0.3) is 0 Å². The van der Waals surface area contributed by atoms with Crippen LogP contribution in [-0.4, -0.2) is 58.5 Å². The van der Waals surface area contributed by atoms with E-state index in [0.29, 0.717) is 0 Å². The van der Waals surface area contributed by atoms with Gasteiger partial charge in [-0.15, -0.1) is 0 Å². The van der Waals surface area contributed by atoms with Crippen LogP contribution >= 0.6 is 0 Å². The van der Waals surface area contributed by atoms with E-state index in [9.17, 15) is 0 Å². The van der Waals surface area contributed by atoms with Crippen LogP contribution in [0.4, 0.5) is 0 Å². The monoisotopic (exact) mass is 243 g/mol. The largest absolute Gasteiger partial charge is 1.00 e. The van der Waals surface area contributed by atoms with Crippen LogP contribution in [0.15, 0.2) is 0 Å². The molecule has 0 saturated carbocycles. The quantitative estimate of drug-likeness (QED) is 0.382. The Balaban J connectivity index is -0.0000000347. The molecule has 0 amide bonds. The summed E-state index contributed by atoms with van der Waals surface area (Å²) in [5.41, 5.74) is 0. The molecular weight excluding hydrogens is 228 g/mol. The van der Waals surface area contributed by atoms with Gasteiger partial charge in [-0.1, -0.05) is 0 Å². The van der Waals surface area contributed by atoms with Gasteiger partial charge < -0.3 is 29.1 Å². The molecule has 0 spiro atoms. The van der Waals surface area contributed by atoms with Gasteiger partial charge in [-0.3, -0.25) is 0 Å². The van der Waals surface area contributed by atoms with Crippen LogP contribution < -0.4 is 68.7 Å². The fraction of sp³-hybridized carbons (Fsp3) is 1.00. The maximum atomic E-state index is 8.52. The molecule has 0 unspecified atom stereocenters. The molecule has 0 atom stereocenters. The molecule has 0 bridgehead atoms. The standard InChI is InChI=1S/C5H14NO.2Na.O3Si.H2O/c1-6(2,3)4-5-7;;;1-4(2)3;/h7H,4-5H2,1-3H3;;;;1H2/q3*+1;-2;/p-1. The van der Waals surface area contributed by atoms with Crippen LogP contribution in [-0.2, 0) is 4.46 Å². The van der Waals surface area contributed by atoms with E-state index < -0.39 is 9.17 Å². The van der Waals surface area contributed by atoms with Crippen molar-refractivity contribution < 1.29 is 88.2 Å². The van der Waals surface area contributed by atoms with E-state index in [2.05, 4.69) is 21.1 Å². The fourth-order valence-corrected chi connectivity index (χ4v) is 0.300. The van der Waals surface area contributed by atoms with Crippen LogP contribution in [0.25, 0.3) is 0 Å². The number of nitrogens with zero attached hydrogens (tertiary/aromatic N) is 1. The molecule has 0 rings (SSSR count). The van der Waals surface area contributed by atoms with Gasteiger partial charge in [0.1, 0.15) is 6.54 Å². The number of aliphatic hydroxyl groups is 1. The van der Waals surface area contributed by atoms with Crippen molar-refractivity contribution in [1.82, 2.24) is 0 Å². The minimum atomic E-state index is -3.63. The summed E-state index contributed by atoms with van der Waals surface area (Å²) in [7, 11) is 2.53. The summed E-state index contributed by atoms with van der Waals surface area (Å²) in [6, 6.07) is 0. The average Bonchev–Trinajstić information content (AvgIpc) is 1.58. The summed E-state index contributed by atoms with van der Waals surface area (Å²) in [4.78, 5) is 17.0. The van der Waals surface area contributed by atoms with Crippen LogP contribution in [0.1, 0.15) is 0 Å². The molecule has 0 aliphatic carbocycles. The van der Waals surface area contributed by atoms with Gasteiger partial charge in [-0.2, -0.15) is 0 Å². The SMILES string of the molecule is C[N+](C)(C)CCO.O=[Si]([O-])[O-].[Na+].[Na+].[OH-]. The Morgan fingerprint density at radius 2 is 1.43 bits per heavy atom. The maximum Gasteiger partial charge on any atom is 1.00 e. The number of hydrogen-bond donors (Lipinski definition) is 1. The minimum Gasteiger partial charge on any atom is -0.870 e. The molecule has 0 aliphatic heterocycles. The van der Waals surface area contributed by atoms with Gasteiger partial charge >= 0.3 is 59.1 Å². The maximum absolute atomic E-state index is 8.52. The number of likely N-dealkylation sites (N-methyl/N-ethyl adjacent to an activating group) is 1. The van der Waals surface area contributed by atoms with Crippen molar-refractivity contribution in [1.29, 1.82) is 0 Å². The van der Waals surface area contributed by atoms with E-state index in [-0.39, 0.29) is 71.2 Å². The Morgan fingerprint density at radius 3 is 1.43 bits per heavy atom. The zero-order valence-corrected chi connectivity index (χ0v) is 14.5. The molecule has 0 saturated heterocycles. The zero-order chi connectivity index (χ0) is 9.49. The predicted molar refractivity (Wildman–Crippen MR) is 38.4 cm³/mol. The molecule has 76 valence electrons. The molecule has 2 N–H and O–H groups in total. The van der Waals surface area contributed by atoms with E-state index in [1.807, 2.05) is 0 Å². The van der Waals surface area contributed by atoms with Crippen molar-refractivity contribution in [2.45, 2.75) is 0 Å². The van der Waals surface area contributed by atoms with Crippen molar-refractivity contribution in [3.63, 3.8) is 0 Å². The molecule has 0 radical (unpaired) electrons. The summed E-state index contributed by atoms with van der Waals surface area (Å²) in [5.74, 6) is 0. The zero-order valence-electron chi connectivity index (χ0n) is 9.48. The van der Waals surface area contributed by atoms with Gasteiger partial charge in [-0.25, -0.2) is 0 Å². The second-order valence-corrected chi connectivity index (χ2v) is 3.49. The summed E-state index contributed by atoms with van der Waals surface area (Å²) >= 11 is 0. The first-order chi connectivity index (χ1) is 4.79. The summed E-state index contributed by atoms with van der Waals surface area (Å²) in [6.07, 6.45) is 0. The molecule has 0 fully saturated rings. The number of hydrogen-bond acceptors (Lipinski definition) is 5. The molecule has 14 heavy (non-hydrogen) atoms. The first kappa shape index (κ1) is 29.6. The second kappa shape index (κ2) is 16.9. The topological polar surface area (TPSA) is 113 Å². The molecule has 0 aromatic rings. The minimum absolute atomic E-state index is 0. The number of rotatable bonds is 2. The molecule has 0 heterocycles. The van der Waals surface area contributed by atoms with Crippen molar-refractivity contribution in [3.05, 3.63) is 0 Å². The van der Waals surface area contributed by atoms with Gasteiger partial charge in [-0.05, 0) is 0 Å². The van der Waals surface area contributed by atoms with Crippen molar-refractivity contribution in [2.75, 3.05) is 34.3 Å². The first-order valence-electron chi connectivity index (χ1n) is 3.09. The normalized spacial score (nSPS) is 7.71. The van der Waals surface area contributed by atoms with Gasteiger partial charge in [0.05, 0.1) is 27.7 Å². The molecule has 6 nitrogen and oxygen atoms in total. The van der Waals surface area contributed by atoms with Crippen LogP contribution in [0, 0.1) is 0 Å². The van der Waals surface area contributed by atoms with Gasteiger partial charge in [0.2, 0.25) is 0 Å². The number of quaternary nitrogens is 1. The average molecular weight is 243 g/mol. The molecular formula is C5H15NNa2O5Si. The Kier molecular flexibility index (Phi) is 35.7. The van der Waals surface area contributed by atoms with Crippen LogP contribution in [0.3, 0.4) is 0 Å². The number of aliphatic hydroxyl groups excluding tert-OH is 1. The predicted octanol–water partition coefficient (Wildman–Crippen LogP) is -9.36. The summed E-state index contributed by atoms with van der Waals surface area (Å²) in [5, 5.41) is 8.39. The Morgan fingerprint density at radius 1 is 1.21 bits per heavy atom. The molecule has 0 aromatic heterocycles. The summed E-state index contributed by atoms with van der Waals surface area (Å²) < 4.78 is 9.36. The summed E-state index contributed by atoms with van der Waals surface area (Å²) in [6.45, 7) is 1.11. The van der Waals surface area contributed by atoms with E-state index in [1.54, 1.807) is 0 Å². The van der Waals surface area contributed by atoms with Crippen molar-refractivity contribution in [2.24, 2.45) is 0 Å². The second-order valence-electron chi connectivity index (χ2n) is 2.99. The molecule has 0 aliphatic rings.